The molecule has 1 fully saturated rings. The van der Waals surface area contributed by atoms with Gasteiger partial charge in [-0.3, -0.25) is 4.79 Å². The fraction of sp³-hybridized carbons (Fsp3) is 0.350. The van der Waals surface area contributed by atoms with Crippen molar-refractivity contribution in [3.8, 4) is 11.7 Å². The van der Waals surface area contributed by atoms with Crippen LogP contribution in [0.1, 0.15) is 35.7 Å². The third kappa shape index (κ3) is 3.93. The molecule has 4 rings (SSSR count). The summed E-state index contributed by atoms with van der Waals surface area (Å²) in [5.41, 5.74) is 2.19. The Kier molecular flexibility index (Phi) is 5.44. The van der Waals surface area contributed by atoms with Gasteiger partial charge in [0.1, 0.15) is 11.8 Å². The number of carbonyl (C=O) groups is 1. The Hall–Kier alpha value is -3.00. The zero-order valence-corrected chi connectivity index (χ0v) is 17.0. The average molecular weight is 413 g/mol. The Balaban J connectivity index is 1.59. The van der Waals surface area contributed by atoms with Gasteiger partial charge in [-0.15, -0.1) is 0 Å². The van der Waals surface area contributed by atoms with Crippen molar-refractivity contribution < 1.29 is 9.53 Å². The van der Waals surface area contributed by atoms with E-state index in [0.29, 0.717) is 22.8 Å². The second-order valence-electron chi connectivity index (χ2n) is 7.01. The number of hydrogen-bond acceptors (Lipinski definition) is 6. The van der Waals surface area contributed by atoms with Crippen LogP contribution in [-0.2, 0) is 0 Å². The number of rotatable bonds is 4. The van der Waals surface area contributed by atoms with E-state index in [0.717, 1.165) is 18.4 Å². The van der Waals surface area contributed by atoms with Gasteiger partial charge in [0, 0.05) is 6.54 Å². The zero-order chi connectivity index (χ0) is 20.4. The maximum absolute atomic E-state index is 13.5. The van der Waals surface area contributed by atoms with E-state index in [9.17, 15) is 4.79 Å². The Bertz CT molecular complexity index is 993. The maximum atomic E-state index is 13.5. The Morgan fingerprint density at radius 2 is 1.93 bits per heavy atom. The highest BCUT2D eigenvalue weighted by Gasteiger charge is 2.34. The number of ether oxygens (including phenoxy) is 1. The zero-order valence-electron chi connectivity index (χ0n) is 16.2. The Morgan fingerprint density at radius 1 is 1.21 bits per heavy atom. The molecule has 3 aromatic rings. The summed E-state index contributed by atoms with van der Waals surface area (Å²) in [7, 11) is 0. The molecule has 9 heteroatoms. The molecule has 0 bridgehead atoms. The van der Waals surface area contributed by atoms with Gasteiger partial charge in [-0.1, -0.05) is 23.7 Å². The molecule has 1 aliphatic heterocycles. The molecule has 0 saturated carbocycles. The maximum Gasteiger partial charge on any atom is 0.316 e. The van der Waals surface area contributed by atoms with Crippen molar-refractivity contribution >= 4 is 17.5 Å². The quantitative estimate of drug-likeness (QED) is 0.654. The SMILES string of the molecule is Cc1cccc(C(=O)N2CCC[C@@H](Oc3ncc(Cl)cn3)[C@@H]2C)c1-n1nccn1. The van der Waals surface area contributed by atoms with Gasteiger partial charge in [0.25, 0.3) is 5.91 Å². The van der Waals surface area contributed by atoms with E-state index in [1.165, 1.54) is 17.2 Å². The van der Waals surface area contributed by atoms with Gasteiger partial charge in [0.2, 0.25) is 0 Å². The van der Waals surface area contributed by atoms with E-state index in [1.54, 1.807) is 12.4 Å². The number of benzene rings is 1. The lowest BCUT2D eigenvalue weighted by atomic mass is 9.98. The molecule has 2 atom stereocenters. The van der Waals surface area contributed by atoms with Crippen molar-refractivity contribution in [1.82, 2.24) is 29.9 Å². The van der Waals surface area contributed by atoms with Crippen molar-refractivity contribution in [3.63, 3.8) is 0 Å². The van der Waals surface area contributed by atoms with Crippen LogP contribution in [0.2, 0.25) is 5.02 Å². The number of likely N-dealkylation sites (tertiary alicyclic amines) is 1. The largest absolute Gasteiger partial charge is 0.458 e. The molecule has 2 aromatic heterocycles. The van der Waals surface area contributed by atoms with Gasteiger partial charge in [-0.05, 0) is 38.3 Å². The van der Waals surface area contributed by atoms with Crippen molar-refractivity contribution in [2.45, 2.75) is 38.8 Å². The minimum Gasteiger partial charge on any atom is -0.458 e. The van der Waals surface area contributed by atoms with E-state index in [4.69, 9.17) is 16.3 Å². The molecule has 0 N–H and O–H groups in total. The van der Waals surface area contributed by atoms with Crippen molar-refractivity contribution in [2.24, 2.45) is 0 Å². The minimum absolute atomic E-state index is 0.0705. The molecule has 8 nitrogen and oxygen atoms in total. The molecule has 0 spiro atoms. The number of hydrogen-bond donors (Lipinski definition) is 0. The van der Waals surface area contributed by atoms with Crippen LogP contribution in [0.15, 0.2) is 43.0 Å². The molecule has 150 valence electrons. The molecule has 1 aliphatic rings. The standard InChI is InChI=1S/C20H21ClN6O2/c1-13-5-3-6-16(18(13)27-24-8-9-25-27)19(28)26-10-4-7-17(14(26)2)29-20-22-11-15(21)12-23-20/h3,5-6,8-9,11-12,14,17H,4,7,10H2,1-2H3/t14-,17+/m0/s1. The van der Waals surface area contributed by atoms with E-state index >= 15 is 0 Å². The number of carbonyl (C=O) groups excluding carboxylic acids is 1. The lowest BCUT2D eigenvalue weighted by Gasteiger charge is -2.39. The summed E-state index contributed by atoms with van der Waals surface area (Å²) >= 11 is 5.84. The van der Waals surface area contributed by atoms with E-state index < -0.39 is 0 Å². The normalized spacial score (nSPS) is 19.2. The summed E-state index contributed by atoms with van der Waals surface area (Å²) in [5.74, 6) is -0.0705. The van der Waals surface area contributed by atoms with Gasteiger partial charge >= 0.3 is 6.01 Å². The molecular weight excluding hydrogens is 392 g/mol. The monoisotopic (exact) mass is 412 g/mol. The van der Waals surface area contributed by atoms with Gasteiger partial charge in [0.15, 0.2) is 0 Å². The Morgan fingerprint density at radius 3 is 2.66 bits per heavy atom. The number of aromatic nitrogens is 5. The van der Waals surface area contributed by atoms with Crippen LogP contribution in [0.3, 0.4) is 0 Å². The molecule has 1 saturated heterocycles. The van der Waals surface area contributed by atoms with Crippen molar-refractivity contribution in [1.29, 1.82) is 0 Å². The highest BCUT2D eigenvalue weighted by Crippen LogP contribution is 2.26. The van der Waals surface area contributed by atoms with Crippen LogP contribution in [0, 0.1) is 6.92 Å². The average Bonchev–Trinajstić information content (AvgIpc) is 3.25. The summed E-state index contributed by atoms with van der Waals surface area (Å²) in [5, 5.41) is 8.88. The minimum atomic E-state index is -0.204. The predicted octanol–water partition coefficient (Wildman–Crippen LogP) is 3.09. The smallest absolute Gasteiger partial charge is 0.316 e. The summed E-state index contributed by atoms with van der Waals surface area (Å²) in [4.78, 5) is 25.0. The third-order valence-corrected chi connectivity index (χ3v) is 5.31. The Labute approximate surface area is 173 Å². The van der Waals surface area contributed by atoms with Crippen LogP contribution in [0.5, 0.6) is 6.01 Å². The number of aryl methyl sites for hydroxylation is 1. The second-order valence-corrected chi connectivity index (χ2v) is 7.45. The highest BCUT2D eigenvalue weighted by atomic mass is 35.5. The van der Waals surface area contributed by atoms with Gasteiger partial charge in [0.05, 0.1) is 41.4 Å². The molecule has 0 unspecified atom stereocenters. The van der Waals surface area contributed by atoms with Crippen molar-refractivity contribution in [3.05, 3.63) is 59.1 Å². The third-order valence-electron chi connectivity index (χ3n) is 5.12. The van der Waals surface area contributed by atoms with E-state index in [2.05, 4.69) is 20.2 Å². The fourth-order valence-corrected chi connectivity index (χ4v) is 3.73. The second kappa shape index (κ2) is 8.16. The molecule has 0 aliphatic carbocycles. The number of halogens is 1. The first-order chi connectivity index (χ1) is 14.0. The van der Waals surface area contributed by atoms with E-state index in [1.807, 2.05) is 36.9 Å². The molecule has 1 amide bonds. The topological polar surface area (TPSA) is 86.0 Å². The number of para-hydroxylation sites is 1. The molecule has 0 radical (unpaired) electrons. The summed E-state index contributed by atoms with van der Waals surface area (Å²) in [6.07, 6.45) is 7.63. The van der Waals surface area contributed by atoms with Crippen LogP contribution in [-0.4, -0.2) is 54.5 Å². The number of nitrogens with zero attached hydrogens (tertiary/aromatic N) is 6. The lowest BCUT2D eigenvalue weighted by Crippen LogP contribution is -2.51. The summed E-state index contributed by atoms with van der Waals surface area (Å²) in [6.45, 7) is 4.58. The first kappa shape index (κ1) is 19.3. The van der Waals surface area contributed by atoms with E-state index in [-0.39, 0.29) is 24.1 Å². The fourth-order valence-electron chi connectivity index (χ4n) is 3.63. The summed E-state index contributed by atoms with van der Waals surface area (Å²) < 4.78 is 5.96. The predicted molar refractivity (Wildman–Crippen MR) is 107 cm³/mol. The molecule has 29 heavy (non-hydrogen) atoms. The van der Waals surface area contributed by atoms with Gasteiger partial charge < -0.3 is 9.64 Å². The summed E-state index contributed by atoms with van der Waals surface area (Å²) in [6, 6.07) is 5.75. The molecular formula is C20H21ClN6O2. The first-order valence-corrected chi connectivity index (χ1v) is 9.84. The number of amides is 1. The molecule has 3 heterocycles. The van der Waals surface area contributed by atoms with Crippen LogP contribution in [0.25, 0.3) is 5.69 Å². The van der Waals surface area contributed by atoms with Gasteiger partial charge in [-0.25, -0.2) is 9.97 Å². The van der Waals surface area contributed by atoms with Crippen LogP contribution < -0.4 is 4.74 Å². The highest BCUT2D eigenvalue weighted by molar-refractivity contribution is 6.30. The first-order valence-electron chi connectivity index (χ1n) is 9.46. The lowest BCUT2D eigenvalue weighted by molar-refractivity contribution is 0.0248. The van der Waals surface area contributed by atoms with Crippen LogP contribution >= 0.6 is 11.6 Å². The van der Waals surface area contributed by atoms with Gasteiger partial charge in [-0.2, -0.15) is 15.0 Å². The number of piperidine rings is 1. The van der Waals surface area contributed by atoms with Crippen molar-refractivity contribution in [2.75, 3.05) is 6.54 Å². The van der Waals surface area contributed by atoms with Crippen LogP contribution in [0.4, 0.5) is 0 Å². The molecule has 1 aromatic carbocycles.